The molecule has 3 nitrogen and oxygen atoms in total. The van der Waals surface area contributed by atoms with E-state index in [9.17, 15) is 9.59 Å². The van der Waals surface area contributed by atoms with Gasteiger partial charge in [-0.2, -0.15) is 0 Å². The summed E-state index contributed by atoms with van der Waals surface area (Å²) < 4.78 is 5.78. The van der Waals surface area contributed by atoms with Gasteiger partial charge < -0.3 is 4.74 Å². The molecule has 0 aliphatic carbocycles. The van der Waals surface area contributed by atoms with Crippen molar-refractivity contribution in [1.29, 1.82) is 0 Å². The average molecular weight is 242 g/mol. The molecule has 0 aromatic rings. The lowest BCUT2D eigenvalue weighted by Gasteiger charge is -2.32. The second-order valence-corrected chi connectivity index (χ2v) is 4.73. The lowest BCUT2D eigenvalue weighted by Crippen LogP contribution is -2.44. The quantitative estimate of drug-likeness (QED) is 0.656. The summed E-state index contributed by atoms with van der Waals surface area (Å²) in [6.07, 6.45) is 1.51. The Hall–Kier alpha value is -0.700. The largest absolute Gasteiger partial charge is 0.357 e. The summed E-state index contributed by atoms with van der Waals surface area (Å²) >= 11 is 0. The molecule has 0 aliphatic heterocycles. The summed E-state index contributed by atoms with van der Waals surface area (Å²) in [7, 11) is 0. The first-order valence-electron chi connectivity index (χ1n) is 6.57. The van der Waals surface area contributed by atoms with Crippen LogP contribution in [0.5, 0.6) is 0 Å². The van der Waals surface area contributed by atoms with Crippen molar-refractivity contribution in [3.63, 3.8) is 0 Å². The van der Waals surface area contributed by atoms with Crippen molar-refractivity contribution in [3.8, 4) is 0 Å². The number of ketones is 2. The molecule has 0 N–H and O–H groups in total. The normalized spacial score (nSPS) is 15.4. The van der Waals surface area contributed by atoms with Gasteiger partial charge in [0.25, 0.3) is 0 Å². The summed E-state index contributed by atoms with van der Waals surface area (Å²) in [5, 5.41) is 0. The van der Waals surface area contributed by atoms with Crippen LogP contribution in [0.25, 0.3) is 0 Å². The number of carbonyl (C=O) groups is 2. The minimum absolute atomic E-state index is 0.00583. The van der Waals surface area contributed by atoms with E-state index in [4.69, 9.17) is 4.74 Å². The molecule has 3 heteroatoms. The maximum absolute atomic E-state index is 12.0. The molecule has 0 aromatic heterocycles. The van der Waals surface area contributed by atoms with Crippen molar-refractivity contribution >= 4 is 11.6 Å². The Labute approximate surface area is 105 Å². The molecule has 0 amide bonds. The highest BCUT2D eigenvalue weighted by Crippen LogP contribution is 2.25. The Kier molecular flexibility index (Phi) is 6.61. The number of carbonyl (C=O) groups excluding carboxylic acids is 2. The number of hydrogen-bond acceptors (Lipinski definition) is 3. The molecular weight excluding hydrogens is 216 g/mol. The van der Waals surface area contributed by atoms with Crippen molar-refractivity contribution in [2.24, 2.45) is 5.92 Å². The summed E-state index contributed by atoms with van der Waals surface area (Å²) in [6, 6.07) is 0. The Morgan fingerprint density at radius 1 is 1.12 bits per heavy atom. The fourth-order valence-corrected chi connectivity index (χ4v) is 2.00. The molecule has 0 bridgehead atoms. The molecule has 0 saturated heterocycles. The van der Waals surface area contributed by atoms with Crippen molar-refractivity contribution in [1.82, 2.24) is 0 Å². The Morgan fingerprint density at radius 3 is 1.88 bits per heavy atom. The topological polar surface area (TPSA) is 43.4 Å². The van der Waals surface area contributed by atoms with E-state index < -0.39 is 11.7 Å². The minimum Gasteiger partial charge on any atom is -0.357 e. The zero-order chi connectivity index (χ0) is 13.6. The fraction of sp³-hybridized carbons (Fsp3) is 0.857. The predicted molar refractivity (Wildman–Crippen MR) is 69.0 cm³/mol. The van der Waals surface area contributed by atoms with E-state index in [2.05, 4.69) is 0 Å². The molecule has 2 atom stereocenters. The highest BCUT2D eigenvalue weighted by atomic mass is 16.5. The van der Waals surface area contributed by atoms with Gasteiger partial charge in [-0.05, 0) is 33.1 Å². The van der Waals surface area contributed by atoms with Crippen molar-refractivity contribution in [2.75, 3.05) is 0 Å². The average Bonchev–Trinajstić information content (AvgIpc) is 2.33. The monoisotopic (exact) mass is 242 g/mol. The molecule has 100 valence electrons. The van der Waals surface area contributed by atoms with Crippen LogP contribution >= 0.6 is 0 Å². The van der Waals surface area contributed by atoms with Crippen molar-refractivity contribution < 1.29 is 14.3 Å². The van der Waals surface area contributed by atoms with Crippen molar-refractivity contribution in [3.05, 3.63) is 0 Å². The summed E-state index contributed by atoms with van der Waals surface area (Å²) in [4.78, 5) is 23.7. The molecule has 0 rings (SSSR count). The lowest BCUT2D eigenvalue weighted by molar-refractivity contribution is -0.160. The van der Waals surface area contributed by atoms with E-state index in [0.717, 1.165) is 6.42 Å². The first-order valence-corrected chi connectivity index (χ1v) is 6.57. The molecule has 0 heterocycles. The molecule has 0 spiro atoms. The van der Waals surface area contributed by atoms with Gasteiger partial charge in [0.05, 0.1) is 0 Å². The standard InChI is InChI=1S/C14H26O3/c1-7-10(4)13(16)11(5)17-14(8-2,9-3)12(6)15/h10-11H,7-9H2,1-6H3/t10?,11-/m0/s1. The Bertz CT molecular complexity index is 267. The van der Waals surface area contributed by atoms with Gasteiger partial charge in [-0.3, -0.25) is 9.59 Å². The molecule has 0 fully saturated rings. The third-order valence-electron chi connectivity index (χ3n) is 3.68. The second kappa shape index (κ2) is 6.90. The summed E-state index contributed by atoms with van der Waals surface area (Å²) in [5.74, 6) is 0.0784. The summed E-state index contributed by atoms with van der Waals surface area (Å²) in [5.41, 5.74) is -0.789. The predicted octanol–water partition coefficient (Wildman–Crippen LogP) is 3.15. The third kappa shape index (κ3) is 3.91. The van der Waals surface area contributed by atoms with Gasteiger partial charge in [-0.1, -0.05) is 27.7 Å². The van der Waals surface area contributed by atoms with E-state index in [-0.39, 0.29) is 17.5 Å². The van der Waals surface area contributed by atoms with Gasteiger partial charge in [-0.15, -0.1) is 0 Å². The first kappa shape index (κ1) is 16.3. The SMILES string of the molecule is CCC(C)C(=O)[C@H](C)OC(CC)(CC)C(C)=O. The number of ether oxygens (including phenoxy) is 1. The molecule has 1 unspecified atom stereocenters. The van der Waals surface area contributed by atoms with Crippen LogP contribution in [-0.4, -0.2) is 23.3 Å². The van der Waals surface area contributed by atoms with Crippen LogP contribution in [0.3, 0.4) is 0 Å². The van der Waals surface area contributed by atoms with Crippen LogP contribution in [0.2, 0.25) is 0 Å². The lowest BCUT2D eigenvalue weighted by atomic mass is 9.91. The number of Topliss-reactive ketones (excluding diaryl/α,β-unsaturated/α-hetero) is 2. The smallest absolute Gasteiger partial charge is 0.164 e. The minimum atomic E-state index is -0.789. The van der Waals surface area contributed by atoms with Crippen LogP contribution in [0.15, 0.2) is 0 Å². The molecule has 17 heavy (non-hydrogen) atoms. The van der Waals surface area contributed by atoms with Crippen molar-refractivity contribution in [2.45, 2.75) is 72.5 Å². The second-order valence-electron chi connectivity index (χ2n) is 4.73. The van der Waals surface area contributed by atoms with E-state index in [1.807, 2.05) is 27.7 Å². The zero-order valence-electron chi connectivity index (χ0n) is 12.0. The molecule has 0 radical (unpaired) electrons. The molecule has 0 saturated carbocycles. The summed E-state index contributed by atoms with van der Waals surface area (Å²) in [6.45, 7) is 11.0. The van der Waals surface area contributed by atoms with Crippen LogP contribution in [0.4, 0.5) is 0 Å². The third-order valence-corrected chi connectivity index (χ3v) is 3.68. The molecular formula is C14H26O3. The van der Waals surface area contributed by atoms with Crippen LogP contribution in [0, 0.1) is 5.92 Å². The number of rotatable bonds is 8. The number of hydrogen-bond donors (Lipinski definition) is 0. The van der Waals surface area contributed by atoms with Gasteiger partial charge in [-0.25, -0.2) is 0 Å². The highest BCUT2D eigenvalue weighted by molar-refractivity contribution is 5.87. The van der Waals surface area contributed by atoms with Crippen LogP contribution < -0.4 is 0 Å². The van der Waals surface area contributed by atoms with E-state index in [0.29, 0.717) is 12.8 Å². The van der Waals surface area contributed by atoms with Gasteiger partial charge in [0, 0.05) is 5.92 Å². The van der Waals surface area contributed by atoms with Crippen LogP contribution in [0.1, 0.15) is 60.8 Å². The molecule has 0 aromatic carbocycles. The van der Waals surface area contributed by atoms with Gasteiger partial charge >= 0.3 is 0 Å². The zero-order valence-corrected chi connectivity index (χ0v) is 12.0. The first-order chi connectivity index (χ1) is 7.84. The Balaban J connectivity index is 4.78. The van der Waals surface area contributed by atoms with E-state index in [1.54, 1.807) is 6.92 Å². The van der Waals surface area contributed by atoms with Gasteiger partial charge in [0.15, 0.2) is 11.6 Å². The van der Waals surface area contributed by atoms with Gasteiger partial charge in [0.2, 0.25) is 0 Å². The Morgan fingerprint density at radius 2 is 1.59 bits per heavy atom. The van der Waals surface area contributed by atoms with Crippen LogP contribution in [-0.2, 0) is 14.3 Å². The van der Waals surface area contributed by atoms with E-state index >= 15 is 0 Å². The highest BCUT2D eigenvalue weighted by Gasteiger charge is 2.36. The van der Waals surface area contributed by atoms with E-state index in [1.165, 1.54) is 6.92 Å². The molecule has 0 aliphatic rings. The fourth-order valence-electron chi connectivity index (χ4n) is 2.00. The maximum Gasteiger partial charge on any atom is 0.164 e. The van der Waals surface area contributed by atoms with Gasteiger partial charge in [0.1, 0.15) is 11.7 Å². The maximum atomic E-state index is 12.0.